The standard InChI is InChI=1S/C20H17NO3S/c1-14(22)15-6-5-7-16(12-15)21-20(23)19-11-10-17(24-19)13-25-18-8-3-2-4-9-18/h2-12H,13H2,1H3,(H,21,23). The van der Waals surface area contributed by atoms with Gasteiger partial charge < -0.3 is 9.73 Å². The van der Waals surface area contributed by atoms with Gasteiger partial charge in [0.25, 0.3) is 5.91 Å². The van der Waals surface area contributed by atoms with Gasteiger partial charge in [-0.2, -0.15) is 0 Å². The molecule has 25 heavy (non-hydrogen) atoms. The van der Waals surface area contributed by atoms with E-state index in [4.69, 9.17) is 4.42 Å². The molecule has 0 aliphatic heterocycles. The molecule has 4 nitrogen and oxygen atoms in total. The lowest BCUT2D eigenvalue weighted by atomic mass is 10.1. The maximum absolute atomic E-state index is 12.3. The molecule has 3 rings (SSSR count). The van der Waals surface area contributed by atoms with Crippen molar-refractivity contribution in [3.8, 4) is 0 Å². The molecule has 1 amide bonds. The number of amides is 1. The third kappa shape index (κ3) is 4.61. The van der Waals surface area contributed by atoms with E-state index in [2.05, 4.69) is 5.32 Å². The second kappa shape index (κ2) is 7.85. The summed E-state index contributed by atoms with van der Waals surface area (Å²) in [5.41, 5.74) is 1.12. The van der Waals surface area contributed by atoms with Gasteiger partial charge in [-0.1, -0.05) is 30.3 Å². The molecule has 0 spiro atoms. The van der Waals surface area contributed by atoms with E-state index in [1.807, 2.05) is 30.3 Å². The van der Waals surface area contributed by atoms with Crippen molar-refractivity contribution in [2.24, 2.45) is 0 Å². The summed E-state index contributed by atoms with van der Waals surface area (Å²) in [5, 5.41) is 2.75. The zero-order valence-corrected chi connectivity index (χ0v) is 14.5. The Morgan fingerprint density at radius 1 is 1.00 bits per heavy atom. The third-order valence-electron chi connectivity index (χ3n) is 3.54. The first-order chi connectivity index (χ1) is 12.1. The number of ketones is 1. The summed E-state index contributed by atoms with van der Waals surface area (Å²) in [7, 11) is 0. The summed E-state index contributed by atoms with van der Waals surface area (Å²) in [6, 6.07) is 20.3. The summed E-state index contributed by atoms with van der Waals surface area (Å²) >= 11 is 1.64. The van der Waals surface area contributed by atoms with E-state index in [0.717, 1.165) is 10.7 Å². The molecule has 5 heteroatoms. The van der Waals surface area contributed by atoms with Gasteiger partial charge in [0.05, 0.1) is 5.75 Å². The molecule has 0 atom stereocenters. The summed E-state index contributed by atoms with van der Waals surface area (Å²) in [6.07, 6.45) is 0. The number of thioether (sulfide) groups is 1. The normalized spacial score (nSPS) is 10.4. The molecule has 0 bridgehead atoms. The Morgan fingerprint density at radius 2 is 1.80 bits per heavy atom. The Balaban J connectivity index is 1.62. The highest BCUT2D eigenvalue weighted by Crippen LogP contribution is 2.23. The average Bonchev–Trinajstić information content (AvgIpc) is 3.10. The van der Waals surface area contributed by atoms with Crippen molar-refractivity contribution in [2.75, 3.05) is 5.32 Å². The average molecular weight is 351 g/mol. The molecule has 1 aromatic heterocycles. The van der Waals surface area contributed by atoms with Crippen molar-refractivity contribution in [1.29, 1.82) is 0 Å². The van der Waals surface area contributed by atoms with Crippen molar-refractivity contribution < 1.29 is 14.0 Å². The summed E-state index contributed by atoms with van der Waals surface area (Å²) in [6.45, 7) is 1.49. The number of hydrogen-bond acceptors (Lipinski definition) is 4. The molecular weight excluding hydrogens is 334 g/mol. The van der Waals surface area contributed by atoms with Gasteiger partial charge in [-0.15, -0.1) is 11.8 Å². The molecule has 0 saturated heterocycles. The van der Waals surface area contributed by atoms with Crippen LogP contribution in [0.15, 0.2) is 76.0 Å². The Hall–Kier alpha value is -2.79. The van der Waals surface area contributed by atoms with Crippen molar-refractivity contribution >= 4 is 29.1 Å². The molecule has 0 aliphatic rings. The van der Waals surface area contributed by atoms with E-state index < -0.39 is 0 Å². The van der Waals surface area contributed by atoms with Gasteiger partial charge in [0, 0.05) is 16.1 Å². The van der Waals surface area contributed by atoms with Gasteiger partial charge >= 0.3 is 0 Å². The van der Waals surface area contributed by atoms with E-state index in [1.54, 1.807) is 48.2 Å². The SMILES string of the molecule is CC(=O)c1cccc(NC(=O)c2ccc(CSc3ccccc3)o2)c1. The maximum Gasteiger partial charge on any atom is 0.291 e. The fourth-order valence-electron chi connectivity index (χ4n) is 2.26. The molecule has 2 aromatic carbocycles. The minimum atomic E-state index is -0.336. The predicted octanol–water partition coefficient (Wildman–Crippen LogP) is 5.03. The Kier molecular flexibility index (Phi) is 5.36. The molecule has 0 fully saturated rings. The summed E-state index contributed by atoms with van der Waals surface area (Å²) in [5.74, 6) is 1.25. The fourth-order valence-corrected chi connectivity index (χ4v) is 3.07. The van der Waals surface area contributed by atoms with E-state index in [-0.39, 0.29) is 17.5 Å². The van der Waals surface area contributed by atoms with Gasteiger partial charge in [-0.25, -0.2) is 0 Å². The number of rotatable bonds is 6. The van der Waals surface area contributed by atoms with Gasteiger partial charge in [-0.05, 0) is 43.3 Å². The van der Waals surface area contributed by atoms with Crippen LogP contribution >= 0.6 is 11.8 Å². The Bertz CT molecular complexity index is 887. The lowest BCUT2D eigenvalue weighted by Crippen LogP contribution is -2.11. The molecule has 0 saturated carbocycles. The lowest BCUT2D eigenvalue weighted by Gasteiger charge is -2.04. The van der Waals surface area contributed by atoms with Crippen molar-refractivity contribution in [1.82, 2.24) is 0 Å². The first kappa shape index (κ1) is 17.0. The highest BCUT2D eigenvalue weighted by Gasteiger charge is 2.12. The number of nitrogens with one attached hydrogen (secondary N) is 1. The van der Waals surface area contributed by atoms with Crippen LogP contribution in [0.2, 0.25) is 0 Å². The number of Topliss-reactive ketones (excluding diaryl/α,β-unsaturated/α-hetero) is 1. The molecule has 1 heterocycles. The van der Waals surface area contributed by atoms with Crippen molar-refractivity contribution in [2.45, 2.75) is 17.6 Å². The minimum Gasteiger partial charge on any atom is -0.455 e. The molecule has 3 aromatic rings. The third-order valence-corrected chi connectivity index (χ3v) is 4.57. The van der Waals surface area contributed by atoms with Crippen LogP contribution in [0.4, 0.5) is 5.69 Å². The Labute approximate surface area is 150 Å². The quantitative estimate of drug-likeness (QED) is 0.500. The summed E-state index contributed by atoms with van der Waals surface area (Å²) < 4.78 is 5.62. The van der Waals surface area contributed by atoms with E-state index in [9.17, 15) is 9.59 Å². The molecule has 0 unspecified atom stereocenters. The molecule has 0 radical (unpaired) electrons. The van der Waals surface area contributed by atoms with Crippen LogP contribution in [0.5, 0.6) is 0 Å². The molecule has 1 N–H and O–H groups in total. The van der Waals surface area contributed by atoms with E-state index in [1.165, 1.54) is 6.92 Å². The topological polar surface area (TPSA) is 59.3 Å². The fraction of sp³-hybridized carbons (Fsp3) is 0.100. The smallest absolute Gasteiger partial charge is 0.291 e. The van der Waals surface area contributed by atoms with Crippen molar-refractivity contribution in [3.05, 3.63) is 83.8 Å². The van der Waals surface area contributed by atoms with Gasteiger partial charge in [0.2, 0.25) is 0 Å². The van der Waals surface area contributed by atoms with E-state index >= 15 is 0 Å². The number of hydrogen-bond donors (Lipinski definition) is 1. The first-order valence-electron chi connectivity index (χ1n) is 7.81. The second-order valence-corrected chi connectivity index (χ2v) is 6.51. The van der Waals surface area contributed by atoms with Crippen LogP contribution in [-0.2, 0) is 5.75 Å². The van der Waals surface area contributed by atoms with Gasteiger partial charge in [-0.3, -0.25) is 9.59 Å². The second-order valence-electron chi connectivity index (χ2n) is 5.46. The monoisotopic (exact) mass is 351 g/mol. The van der Waals surface area contributed by atoms with Crippen LogP contribution in [0, 0.1) is 0 Å². The summed E-state index contributed by atoms with van der Waals surface area (Å²) in [4.78, 5) is 24.8. The number of furan rings is 1. The molecule has 126 valence electrons. The van der Waals surface area contributed by atoms with Crippen LogP contribution < -0.4 is 5.32 Å². The van der Waals surface area contributed by atoms with Crippen LogP contribution in [-0.4, -0.2) is 11.7 Å². The number of anilines is 1. The van der Waals surface area contributed by atoms with Crippen LogP contribution in [0.1, 0.15) is 33.6 Å². The van der Waals surface area contributed by atoms with E-state index in [0.29, 0.717) is 17.0 Å². The Morgan fingerprint density at radius 3 is 2.56 bits per heavy atom. The maximum atomic E-state index is 12.3. The van der Waals surface area contributed by atoms with Crippen molar-refractivity contribution in [3.63, 3.8) is 0 Å². The predicted molar refractivity (Wildman–Crippen MR) is 99.1 cm³/mol. The zero-order chi connectivity index (χ0) is 17.6. The van der Waals surface area contributed by atoms with Crippen LogP contribution in [0.25, 0.3) is 0 Å². The van der Waals surface area contributed by atoms with Gasteiger partial charge in [0.15, 0.2) is 11.5 Å². The number of benzene rings is 2. The minimum absolute atomic E-state index is 0.0469. The van der Waals surface area contributed by atoms with Gasteiger partial charge in [0.1, 0.15) is 5.76 Å². The number of carbonyl (C=O) groups excluding carboxylic acids is 2. The molecular formula is C20H17NO3S. The highest BCUT2D eigenvalue weighted by molar-refractivity contribution is 7.98. The van der Waals surface area contributed by atoms with Crippen LogP contribution in [0.3, 0.4) is 0 Å². The first-order valence-corrected chi connectivity index (χ1v) is 8.79. The molecule has 0 aliphatic carbocycles. The largest absolute Gasteiger partial charge is 0.455 e. The number of carbonyl (C=O) groups is 2. The zero-order valence-electron chi connectivity index (χ0n) is 13.7. The lowest BCUT2D eigenvalue weighted by molar-refractivity contribution is 0.0991. The highest BCUT2D eigenvalue weighted by atomic mass is 32.2.